The van der Waals surface area contributed by atoms with Gasteiger partial charge in [0.2, 0.25) is 0 Å². The smallest absolute Gasteiger partial charge is 0.341 e. The lowest BCUT2D eigenvalue weighted by molar-refractivity contribution is -0.649. The number of benzene rings is 2. The highest BCUT2D eigenvalue weighted by molar-refractivity contribution is 7.80. The molecule has 0 radical (unpaired) electrons. The van der Waals surface area contributed by atoms with E-state index in [1.165, 1.54) is 0 Å². The number of hydrogen-bond acceptors (Lipinski definition) is 3. The van der Waals surface area contributed by atoms with Crippen molar-refractivity contribution in [1.82, 2.24) is 10.6 Å². The van der Waals surface area contributed by atoms with Gasteiger partial charge in [-0.15, -0.1) is 0 Å². The Kier molecular flexibility index (Phi) is 7.17. The van der Waals surface area contributed by atoms with Crippen molar-refractivity contribution < 1.29 is 14.8 Å². The van der Waals surface area contributed by atoms with Crippen LogP contribution in [0, 0.1) is 0 Å². The lowest BCUT2D eigenvalue weighted by atomic mass is 9.99. The molecule has 0 spiro atoms. The molecule has 0 unspecified atom stereocenters. The highest BCUT2D eigenvalue weighted by Crippen LogP contribution is 2.22. The molecule has 0 aliphatic carbocycles. The van der Waals surface area contributed by atoms with Crippen molar-refractivity contribution in [1.29, 1.82) is 0 Å². The molecule has 146 valence electrons. The summed E-state index contributed by atoms with van der Waals surface area (Å²) in [6.07, 6.45) is 0.747. The maximum Gasteiger partial charge on any atom is 0.341 e. The van der Waals surface area contributed by atoms with Gasteiger partial charge in [-0.25, -0.2) is 4.79 Å². The molecule has 0 aromatic heterocycles. The summed E-state index contributed by atoms with van der Waals surface area (Å²) in [5, 5.41) is 9.27. The second-order valence-corrected chi connectivity index (χ2v) is 6.97. The van der Waals surface area contributed by atoms with Crippen molar-refractivity contribution in [2.24, 2.45) is 0 Å². The van der Waals surface area contributed by atoms with Crippen LogP contribution in [0.4, 0.5) is 0 Å². The predicted molar refractivity (Wildman–Crippen MR) is 114 cm³/mol. The average Bonchev–Trinajstić information content (AvgIpc) is 2.74. The number of carbonyl (C=O) groups is 1. The second-order valence-electron chi connectivity index (χ2n) is 6.56. The minimum Gasteiger partial charge on any atom is -0.462 e. The van der Waals surface area contributed by atoms with E-state index < -0.39 is 0 Å². The molecule has 5 nitrogen and oxygen atoms in total. The van der Waals surface area contributed by atoms with Crippen LogP contribution in [0.5, 0.6) is 0 Å². The molecule has 0 fully saturated rings. The largest absolute Gasteiger partial charge is 0.462 e. The van der Waals surface area contributed by atoms with Gasteiger partial charge in [-0.05, 0) is 30.3 Å². The first-order chi connectivity index (χ1) is 13.7. The summed E-state index contributed by atoms with van der Waals surface area (Å²) < 4.78 is 5.19. The molecule has 1 aliphatic heterocycles. The van der Waals surface area contributed by atoms with Crippen LogP contribution in [0.15, 0.2) is 71.9 Å². The fourth-order valence-corrected chi connectivity index (χ4v) is 3.52. The van der Waals surface area contributed by atoms with E-state index >= 15 is 0 Å². The zero-order valence-electron chi connectivity index (χ0n) is 16.0. The van der Waals surface area contributed by atoms with Crippen LogP contribution in [-0.4, -0.2) is 30.8 Å². The molecule has 0 saturated heterocycles. The number of ether oxygens (including phenoxy) is 1. The zero-order valence-corrected chi connectivity index (χ0v) is 16.8. The summed E-state index contributed by atoms with van der Waals surface area (Å²) in [6, 6.07) is 20.3. The number of hydrogen-bond donors (Lipinski definition) is 3. The molecule has 3 rings (SSSR count). The van der Waals surface area contributed by atoms with Crippen molar-refractivity contribution in [2.45, 2.75) is 19.4 Å². The molecular weight excluding hydrogens is 370 g/mol. The standard InChI is InChI=1S/C22H25N3O2S/c1-2-27-21(26)18-15-23-14-13-19(18)24-22(28)25-20(16-9-5-3-6-10-16)17-11-7-4-8-12-17/h3-12,20,23H,2,13-15H2,1H3,(H2,24,25,28)/p+1. The first-order valence-corrected chi connectivity index (χ1v) is 9.98. The van der Waals surface area contributed by atoms with Gasteiger partial charge in [0.15, 0.2) is 5.11 Å². The summed E-state index contributed by atoms with van der Waals surface area (Å²) in [5.41, 5.74) is 3.75. The Bertz CT molecular complexity index is 798. The highest BCUT2D eigenvalue weighted by Gasteiger charge is 2.24. The van der Waals surface area contributed by atoms with E-state index in [-0.39, 0.29) is 12.0 Å². The van der Waals surface area contributed by atoms with Gasteiger partial charge < -0.3 is 20.7 Å². The number of esters is 1. The molecule has 6 heteroatoms. The number of thiocarbonyl (C=S) groups is 1. The molecule has 0 saturated carbocycles. The van der Waals surface area contributed by atoms with E-state index in [0.29, 0.717) is 23.8 Å². The normalized spacial score (nSPS) is 13.9. The van der Waals surface area contributed by atoms with Gasteiger partial charge in [0, 0.05) is 12.1 Å². The maximum atomic E-state index is 12.3. The molecule has 1 aliphatic rings. The minimum absolute atomic E-state index is 0.0794. The Morgan fingerprint density at radius 2 is 1.71 bits per heavy atom. The lowest BCUT2D eigenvalue weighted by Gasteiger charge is -2.24. The predicted octanol–water partition coefficient (Wildman–Crippen LogP) is 2.02. The van der Waals surface area contributed by atoms with Crippen LogP contribution < -0.4 is 16.0 Å². The molecule has 2 aromatic rings. The fraction of sp³-hybridized carbons (Fsp3) is 0.273. The first kappa shape index (κ1) is 20.0. The van der Waals surface area contributed by atoms with E-state index in [2.05, 4.69) is 40.2 Å². The quantitative estimate of drug-likeness (QED) is 0.515. The van der Waals surface area contributed by atoms with Crippen LogP contribution >= 0.6 is 12.2 Å². The van der Waals surface area contributed by atoms with Crippen molar-refractivity contribution >= 4 is 23.3 Å². The molecular formula is C22H26N3O2S+. The third kappa shape index (κ3) is 5.18. The van der Waals surface area contributed by atoms with Gasteiger partial charge in [0.1, 0.15) is 12.1 Å². The molecule has 0 atom stereocenters. The van der Waals surface area contributed by atoms with Crippen LogP contribution in [0.1, 0.15) is 30.5 Å². The Balaban J connectivity index is 1.79. The number of carbonyl (C=O) groups excluding carboxylic acids is 1. The van der Waals surface area contributed by atoms with Gasteiger partial charge in [-0.1, -0.05) is 60.7 Å². The fourth-order valence-electron chi connectivity index (χ4n) is 3.28. The summed E-state index contributed by atoms with van der Waals surface area (Å²) in [6.45, 7) is 3.69. The summed E-state index contributed by atoms with van der Waals surface area (Å²) in [5.74, 6) is -0.272. The molecule has 2 aromatic carbocycles. The Hall–Kier alpha value is -2.70. The van der Waals surface area contributed by atoms with E-state index in [4.69, 9.17) is 17.0 Å². The molecule has 0 bridgehead atoms. The van der Waals surface area contributed by atoms with E-state index in [1.807, 2.05) is 43.3 Å². The molecule has 1 heterocycles. The Morgan fingerprint density at radius 1 is 1.11 bits per heavy atom. The van der Waals surface area contributed by atoms with Crippen molar-refractivity contribution in [3.8, 4) is 0 Å². The number of quaternary nitrogens is 1. The second kappa shape index (κ2) is 10.0. The van der Waals surface area contributed by atoms with Crippen LogP contribution in [-0.2, 0) is 9.53 Å². The summed E-state index contributed by atoms with van der Waals surface area (Å²) in [7, 11) is 0. The maximum absolute atomic E-state index is 12.3. The van der Waals surface area contributed by atoms with Gasteiger partial charge in [-0.3, -0.25) is 0 Å². The summed E-state index contributed by atoms with van der Waals surface area (Å²) >= 11 is 5.60. The van der Waals surface area contributed by atoms with Gasteiger partial charge in [0.25, 0.3) is 0 Å². The number of nitrogens with one attached hydrogen (secondary N) is 2. The number of rotatable bonds is 6. The molecule has 28 heavy (non-hydrogen) atoms. The van der Waals surface area contributed by atoms with Crippen LogP contribution in [0.25, 0.3) is 0 Å². The van der Waals surface area contributed by atoms with Gasteiger partial charge >= 0.3 is 5.97 Å². The minimum atomic E-state index is -0.272. The Morgan fingerprint density at radius 3 is 2.29 bits per heavy atom. The van der Waals surface area contributed by atoms with E-state index in [0.717, 1.165) is 29.8 Å². The zero-order chi connectivity index (χ0) is 19.8. The molecule has 4 N–H and O–H groups in total. The van der Waals surface area contributed by atoms with Crippen molar-refractivity contribution in [2.75, 3.05) is 19.7 Å². The van der Waals surface area contributed by atoms with E-state index in [1.54, 1.807) is 0 Å². The van der Waals surface area contributed by atoms with Crippen molar-refractivity contribution in [3.05, 3.63) is 83.1 Å². The summed E-state index contributed by atoms with van der Waals surface area (Å²) in [4.78, 5) is 12.3. The first-order valence-electron chi connectivity index (χ1n) is 9.57. The van der Waals surface area contributed by atoms with Crippen molar-refractivity contribution in [3.63, 3.8) is 0 Å². The lowest BCUT2D eigenvalue weighted by Crippen LogP contribution is -2.86. The topological polar surface area (TPSA) is 67.0 Å². The SMILES string of the molecule is CCOC(=O)C1=C(NC(=S)NC(c2ccccc2)c2ccccc2)CC[NH2+]C1. The monoisotopic (exact) mass is 396 g/mol. The van der Waals surface area contributed by atoms with E-state index in [9.17, 15) is 4.79 Å². The van der Waals surface area contributed by atoms with Crippen LogP contribution in [0.2, 0.25) is 0 Å². The average molecular weight is 397 g/mol. The highest BCUT2D eigenvalue weighted by atomic mass is 32.1. The molecule has 0 amide bonds. The third-order valence-electron chi connectivity index (χ3n) is 4.64. The van der Waals surface area contributed by atoms with Gasteiger partial charge in [-0.2, -0.15) is 0 Å². The third-order valence-corrected chi connectivity index (χ3v) is 4.86. The van der Waals surface area contributed by atoms with Crippen LogP contribution in [0.3, 0.4) is 0 Å². The van der Waals surface area contributed by atoms with Gasteiger partial charge in [0.05, 0.1) is 19.2 Å². The number of nitrogens with two attached hydrogens (primary N) is 1. The Labute approximate surface area is 171 Å².